The van der Waals surface area contributed by atoms with Crippen molar-refractivity contribution >= 4 is 17.5 Å². The largest absolute Gasteiger partial charge is 0.491 e. The van der Waals surface area contributed by atoms with Gasteiger partial charge in [-0.15, -0.1) is 0 Å². The Morgan fingerprint density at radius 3 is 1.94 bits per heavy atom. The van der Waals surface area contributed by atoms with Gasteiger partial charge >= 0.3 is 12.4 Å². The summed E-state index contributed by atoms with van der Waals surface area (Å²) < 4.78 is 88.0. The Morgan fingerprint density at radius 2 is 1.30 bits per heavy atom. The van der Waals surface area contributed by atoms with E-state index in [1.54, 1.807) is 67.6 Å². The van der Waals surface area contributed by atoms with Crippen molar-refractivity contribution in [2.75, 3.05) is 18.5 Å². The molecule has 0 heterocycles. The fraction of sp³-hybridized carbons (Fsp3) is 0.200. The van der Waals surface area contributed by atoms with Crippen LogP contribution in [-0.4, -0.2) is 42.2 Å². The summed E-state index contributed by atoms with van der Waals surface area (Å²) in [4.78, 5) is 27.5. The molecule has 0 aliphatic carbocycles. The average Bonchev–Trinajstić information content (AvgIpc) is 3.15. The van der Waals surface area contributed by atoms with E-state index in [1.165, 1.54) is 48.5 Å². The molecule has 0 aromatic heterocycles. The normalized spacial score (nSPS) is 13.4. The zero-order valence-electron chi connectivity index (χ0n) is 28.2. The van der Waals surface area contributed by atoms with Crippen LogP contribution in [0.3, 0.4) is 0 Å². The van der Waals surface area contributed by atoms with Crippen LogP contribution in [0.2, 0.25) is 0 Å². The number of aliphatic hydroxyl groups excluding tert-OH is 1. The van der Waals surface area contributed by atoms with E-state index in [-0.39, 0.29) is 41.1 Å². The predicted octanol–water partition coefficient (Wildman–Crippen LogP) is 8.53. The van der Waals surface area contributed by atoms with Gasteiger partial charge in [-0.25, -0.2) is 0 Å². The molecule has 5 rings (SSSR count). The van der Waals surface area contributed by atoms with Gasteiger partial charge in [0.15, 0.2) is 0 Å². The van der Waals surface area contributed by atoms with E-state index in [1.807, 2.05) is 0 Å². The number of hydrogen-bond acceptors (Lipinski definition) is 5. The van der Waals surface area contributed by atoms with Crippen LogP contribution in [0.25, 0.3) is 11.1 Å². The number of benzene rings is 5. The van der Waals surface area contributed by atoms with Crippen molar-refractivity contribution < 1.29 is 45.8 Å². The van der Waals surface area contributed by atoms with Crippen molar-refractivity contribution in [1.82, 2.24) is 10.6 Å². The highest BCUT2D eigenvalue weighted by molar-refractivity contribution is 6.02. The number of rotatable bonds is 13. The molecule has 53 heavy (non-hydrogen) atoms. The first kappa shape index (κ1) is 38.4. The Bertz CT molecular complexity index is 2010. The summed E-state index contributed by atoms with van der Waals surface area (Å²) in [5.41, 5.74) is -1.68. The second-order valence-corrected chi connectivity index (χ2v) is 12.2. The van der Waals surface area contributed by atoms with Crippen molar-refractivity contribution in [3.8, 4) is 16.9 Å². The molecule has 13 heteroatoms. The summed E-state index contributed by atoms with van der Waals surface area (Å²) in [6.45, 7) is 1.10. The van der Waals surface area contributed by atoms with E-state index >= 15 is 0 Å². The van der Waals surface area contributed by atoms with Gasteiger partial charge in [-0.3, -0.25) is 9.59 Å². The lowest BCUT2D eigenvalue weighted by atomic mass is 9.94. The van der Waals surface area contributed by atoms with E-state index in [0.717, 1.165) is 23.8 Å². The molecule has 5 aromatic carbocycles. The monoisotopic (exact) mass is 735 g/mol. The first-order valence-electron chi connectivity index (χ1n) is 16.4. The van der Waals surface area contributed by atoms with Crippen molar-refractivity contribution in [2.24, 2.45) is 0 Å². The summed E-state index contributed by atoms with van der Waals surface area (Å²) in [6, 6.07) is 28.5. The molecular weight excluding hydrogens is 700 g/mol. The lowest BCUT2D eigenvalue weighted by molar-refractivity contribution is -0.138. The molecule has 0 fully saturated rings. The number of amides is 2. The third-order valence-electron chi connectivity index (χ3n) is 8.31. The van der Waals surface area contributed by atoms with E-state index in [4.69, 9.17) is 4.74 Å². The van der Waals surface area contributed by atoms with Gasteiger partial charge < -0.3 is 25.8 Å². The summed E-state index contributed by atoms with van der Waals surface area (Å²) in [7, 11) is 0. The van der Waals surface area contributed by atoms with E-state index in [2.05, 4.69) is 16.0 Å². The van der Waals surface area contributed by atoms with Gasteiger partial charge in [-0.05, 0) is 78.2 Å². The molecule has 0 aliphatic heterocycles. The predicted molar refractivity (Wildman–Crippen MR) is 188 cm³/mol. The van der Waals surface area contributed by atoms with Gasteiger partial charge in [0.2, 0.25) is 0 Å². The molecular formula is C40H35F6N3O4. The van der Waals surface area contributed by atoms with Crippen LogP contribution in [0.1, 0.15) is 50.4 Å². The van der Waals surface area contributed by atoms with Crippen LogP contribution in [0.5, 0.6) is 5.75 Å². The minimum atomic E-state index is -4.75. The Labute approximate surface area is 301 Å². The number of nitrogens with one attached hydrogen (secondary N) is 3. The van der Waals surface area contributed by atoms with Gasteiger partial charge in [0.25, 0.3) is 11.8 Å². The van der Waals surface area contributed by atoms with Gasteiger partial charge in [0.05, 0.1) is 29.3 Å². The lowest BCUT2D eigenvalue weighted by Gasteiger charge is -2.25. The number of ether oxygens (including phenoxy) is 1. The van der Waals surface area contributed by atoms with Gasteiger partial charge in [0.1, 0.15) is 12.4 Å². The van der Waals surface area contributed by atoms with Crippen LogP contribution in [0.4, 0.5) is 32.0 Å². The quantitative estimate of drug-likeness (QED) is 0.0910. The zero-order valence-corrected chi connectivity index (χ0v) is 28.2. The smallest absolute Gasteiger partial charge is 0.417 e. The summed E-state index contributed by atoms with van der Waals surface area (Å²) in [5.74, 6) is -1.13. The maximum Gasteiger partial charge on any atom is 0.417 e. The maximum atomic E-state index is 14.1. The van der Waals surface area contributed by atoms with Gasteiger partial charge in [0, 0.05) is 23.4 Å². The molecule has 3 atom stereocenters. The van der Waals surface area contributed by atoms with Crippen LogP contribution >= 0.6 is 0 Å². The van der Waals surface area contributed by atoms with E-state index < -0.39 is 53.5 Å². The Kier molecular flexibility index (Phi) is 12.1. The highest BCUT2D eigenvalue weighted by Crippen LogP contribution is 2.38. The zero-order chi connectivity index (χ0) is 38.2. The summed E-state index contributed by atoms with van der Waals surface area (Å²) >= 11 is 0. The van der Waals surface area contributed by atoms with Crippen LogP contribution in [0, 0.1) is 0 Å². The molecule has 276 valence electrons. The number of carbonyl (C=O) groups is 2. The molecule has 2 amide bonds. The maximum absolute atomic E-state index is 14.1. The van der Waals surface area contributed by atoms with E-state index in [9.17, 15) is 41.0 Å². The standard InChI is InChI=1S/C40H35F6N3O4/c1-25(26-11-4-2-5-12-26)48-37(51)28-19-27(33-17-8-9-18-34(33)40(44,45)46)20-29(21-28)38(52)49-35(24-53-32-15-6-3-7-16-32)36(50)23-47-31-14-10-13-30(22-31)39(41,42)43/h2-22,25,35-36,47,50H,23-24H2,1H3,(H,48,51)(H,49,52). The SMILES string of the molecule is CC(NC(=O)c1cc(C(=O)NC(COc2ccccc2)C(O)CNc2cccc(C(F)(F)F)c2)cc(-c2ccccc2C(F)(F)F)c1)c1ccccc1. The van der Waals surface area contributed by atoms with Crippen molar-refractivity contribution in [2.45, 2.75) is 37.5 Å². The minimum Gasteiger partial charge on any atom is -0.491 e. The molecule has 7 nitrogen and oxygen atoms in total. The minimum absolute atomic E-state index is 0.0596. The second kappa shape index (κ2) is 16.7. The van der Waals surface area contributed by atoms with Gasteiger partial charge in [-0.2, -0.15) is 26.3 Å². The number of anilines is 1. The summed E-state index contributed by atoms with van der Waals surface area (Å²) in [6.07, 6.45) is -10.8. The molecule has 4 N–H and O–H groups in total. The molecule has 0 bridgehead atoms. The Morgan fingerprint density at radius 1 is 0.698 bits per heavy atom. The fourth-order valence-corrected chi connectivity index (χ4v) is 5.51. The highest BCUT2D eigenvalue weighted by Gasteiger charge is 2.34. The third-order valence-corrected chi connectivity index (χ3v) is 8.31. The highest BCUT2D eigenvalue weighted by atomic mass is 19.4. The first-order chi connectivity index (χ1) is 25.2. The molecule has 5 aromatic rings. The number of para-hydroxylation sites is 1. The number of alkyl halides is 6. The number of hydrogen-bond donors (Lipinski definition) is 4. The van der Waals surface area contributed by atoms with Crippen LogP contribution < -0.4 is 20.7 Å². The summed E-state index contributed by atoms with van der Waals surface area (Å²) in [5, 5.41) is 19.4. The van der Waals surface area contributed by atoms with Gasteiger partial charge in [-0.1, -0.05) is 72.8 Å². The van der Waals surface area contributed by atoms with E-state index in [0.29, 0.717) is 5.75 Å². The molecule has 0 saturated heterocycles. The van der Waals surface area contributed by atoms with Crippen molar-refractivity contribution in [1.29, 1.82) is 0 Å². The average molecular weight is 736 g/mol. The van der Waals surface area contributed by atoms with Crippen LogP contribution in [-0.2, 0) is 12.4 Å². The topological polar surface area (TPSA) is 99.7 Å². The number of carbonyl (C=O) groups excluding carboxylic acids is 2. The fourth-order valence-electron chi connectivity index (χ4n) is 5.51. The molecule has 0 aliphatic rings. The number of aliphatic hydroxyl groups is 1. The first-order valence-corrected chi connectivity index (χ1v) is 16.4. The lowest BCUT2D eigenvalue weighted by Crippen LogP contribution is -2.49. The Balaban J connectivity index is 1.46. The second-order valence-electron chi connectivity index (χ2n) is 12.2. The Hall–Kier alpha value is -5.82. The number of halogens is 6. The molecule has 0 radical (unpaired) electrons. The molecule has 0 spiro atoms. The third kappa shape index (κ3) is 10.4. The molecule has 3 unspecified atom stereocenters. The van der Waals surface area contributed by atoms with Crippen molar-refractivity contribution in [3.63, 3.8) is 0 Å². The molecule has 0 saturated carbocycles. The van der Waals surface area contributed by atoms with Crippen LogP contribution in [0.15, 0.2) is 127 Å². The van der Waals surface area contributed by atoms with Crippen molar-refractivity contribution in [3.05, 3.63) is 155 Å².